The molecule has 4 aliphatic rings. The molecular formula is C44H52N2OS2. The maximum absolute atomic E-state index is 12.3. The van der Waals surface area contributed by atoms with Crippen LogP contribution < -0.4 is 0 Å². The van der Waals surface area contributed by atoms with Crippen LogP contribution in [-0.2, 0) is 15.1 Å². The van der Waals surface area contributed by atoms with E-state index in [1.54, 1.807) is 11.1 Å². The number of hydrogen-bond acceptors (Lipinski definition) is 5. The summed E-state index contributed by atoms with van der Waals surface area (Å²) in [6.07, 6.45) is 4.48. The normalized spacial score (nSPS) is 27.4. The highest BCUT2D eigenvalue weighted by Crippen LogP contribution is 2.65. The van der Waals surface area contributed by atoms with E-state index < -0.39 is 5.60 Å². The first kappa shape index (κ1) is 34.6. The number of thioether (sulfide) groups is 2. The number of rotatable bonds is 3. The summed E-state index contributed by atoms with van der Waals surface area (Å²) < 4.78 is -0.326. The predicted octanol–water partition coefficient (Wildman–Crippen LogP) is 10.0. The molecule has 0 saturated carbocycles. The van der Waals surface area contributed by atoms with Crippen molar-refractivity contribution in [2.75, 3.05) is 40.3 Å². The first-order valence-corrected chi connectivity index (χ1v) is 19.7. The van der Waals surface area contributed by atoms with Crippen LogP contribution in [0.2, 0.25) is 0 Å². The van der Waals surface area contributed by atoms with Crippen molar-refractivity contribution in [2.24, 2.45) is 5.92 Å². The van der Waals surface area contributed by atoms with Crippen LogP contribution in [0.5, 0.6) is 0 Å². The molecule has 0 aliphatic carbocycles. The monoisotopic (exact) mass is 688 g/mol. The van der Waals surface area contributed by atoms with Crippen molar-refractivity contribution >= 4 is 29.1 Å². The van der Waals surface area contributed by atoms with E-state index in [0.717, 1.165) is 31.5 Å². The predicted molar refractivity (Wildman–Crippen MR) is 209 cm³/mol. The molecule has 5 heteroatoms. The zero-order valence-corrected chi connectivity index (χ0v) is 31.8. The fourth-order valence-electron chi connectivity index (χ4n) is 8.74. The Balaban J connectivity index is 0.000000154. The standard InChI is InChI=1S/C22H27NOS.C22H25NS/c1-16-9-10-20-19(15-16)22(24,18-11-13-23(3)14-12-18)21(2,25-20)17-7-5-4-6-8-17;1-16-9-10-20-19(15-16)21(17-11-13-23(3)14-12-17)22(2,24-20)18-7-5-4-6-8-18/h4-10,15,18,24H,11-14H2,1-3H3;4-10,15H,11-14H2,1-3H3. The summed E-state index contributed by atoms with van der Waals surface area (Å²) in [5.74, 6) is 0.282. The second-order valence-corrected chi connectivity index (χ2v) is 18.0. The zero-order valence-electron chi connectivity index (χ0n) is 30.1. The summed E-state index contributed by atoms with van der Waals surface area (Å²) in [7, 11) is 4.41. The molecule has 2 saturated heterocycles. The third kappa shape index (κ3) is 6.25. The van der Waals surface area contributed by atoms with E-state index in [0.29, 0.717) is 0 Å². The Bertz CT molecular complexity index is 1820. The number of piperidine rings is 2. The Labute approximate surface area is 303 Å². The lowest BCUT2D eigenvalue weighted by Crippen LogP contribution is -2.51. The number of aliphatic hydroxyl groups is 1. The van der Waals surface area contributed by atoms with Gasteiger partial charge in [0.1, 0.15) is 5.60 Å². The fraction of sp³-hybridized carbons (Fsp3) is 0.409. The second-order valence-electron chi connectivity index (χ2n) is 15.1. The van der Waals surface area contributed by atoms with Crippen LogP contribution in [0, 0.1) is 19.8 Å². The molecule has 4 heterocycles. The average Bonchev–Trinajstić information content (AvgIpc) is 3.54. The van der Waals surface area contributed by atoms with Crippen molar-refractivity contribution in [3.05, 3.63) is 136 Å². The van der Waals surface area contributed by atoms with Gasteiger partial charge in [-0.2, -0.15) is 0 Å². The molecule has 0 spiro atoms. The van der Waals surface area contributed by atoms with Gasteiger partial charge in [-0.25, -0.2) is 0 Å². The van der Waals surface area contributed by atoms with Gasteiger partial charge in [-0.05, 0) is 126 Å². The van der Waals surface area contributed by atoms with Crippen molar-refractivity contribution in [3.8, 4) is 0 Å². The number of nitrogens with zero attached hydrogens (tertiary/aromatic N) is 2. The van der Waals surface area contributed by atoms with Crippen LogP contribution in [0.4, 0.5) is 0 Å². The minimum atomic E-state index is -0.832. The van der Waals surface area contributed by atoms with Crippen molar-refractivity contribution in [1.29, 1.82) is 0 Å². The molecule has 0 amide bonds. The summed E-state index contributed by atoms with van der Waals surface area (Å²) in [6, 6.07) is 35.2. The molecule has 8 rings (SSSR count). The molecule has 256 valence electrons. The lowest BCUT2D eigenvalue weighted by molar-refractivity contribution is -0.0740. The Hall–Kier alpha value is -2.80. The van der Waals surface area contributed by atoms with Gasteiger partial charge in [-0.3, -0.25) is 0 Å². The SMILES string of the molecule is Cc1ccc2c(c1)C(=C1CCN(C)CC1)C(C)(c1ccccc1)S2.Cc1ccc2c(c1)C(O)(C1CCN(C)CC1)C(C)(c1ccccc1)S2. The van der Waals surface area contributed by atoms with E-state index in [4.69, 9.17) is 0 Å². The molecule has 4 aromatic rings. The van der Waals surface area contributed by atoms with Crippen LogP contribution in [0.25, 0.3) is 5.57 Å². The Morgan fingerprint density at radius 2 is 1.20 bits per heavy atom. The highest BCUT2D eigenvalue weighted by Gasteiger charge is 2.59. The van der Waals surface area contributed by atoms with Crippen molar-refractivity contribution in [3.63, 3.8) is 0 Å². The van der Waals surface area contributed by atoms with E-state index in [-0.39, 0.29) is 15.4 Å². The maximum atomic E-state index is 12.3. The highest BCUT2D eigenvalue weighted by molar-refractivity contribution is 8.01. The van der Waals surface area contributed by atoms with E-state index in [9.17, 15) is 5.11 Å². The maximum Gasteiger partial charge on any atom is 0.112 e. The molecule has 3 unspecified atom stereocenters. The first-order chi connectivity index (χ1) is 23.5. The molecule has 3 nitrogen and oxygen atoms in total. The van der Waals surface area contributed by atoms with Gasteiger partial charge in [-0.15, -0.1) is 23.5 Å². The third-order valence-corrected chi connectivity index (χ3v) is 14.6. The topological polar surface area (TPSA) is 26.7 Å². The molecule has 1 N–H and O–H groups in total. The Kier molecular flexibility index (Phi) is 9.71. The highest BCUT2D eigenvalue weighted by atomic mass is 32.2. The van der Waals surface area contributed by atoms with Crippen LogP contribution in [-0.4, -0.2) is 55.2 Å². The first-order valence-electron chi connectivity index (χ1n) is 18.1. The van der Waals surface area contributed by atoms with Gasteiger partial charge in [0.25, 0.3) is 0 Å². The summed E-state index contributed by atoms with van der Waals surface area (Å²) in [4.78, 5) is 7.49. The Morgan fingerprint density at radius 3 is 1.84 bits per heavy atom. The summed E-state index contributed by atoms with van der Waals surface area (Å²) in [6.45, 7) is 13.5. The van der Waals surface area contributed by atoms with E-state index >= 15 is 0 Å². The lowest BCUT2D eigenvalue weighted by atomic mass is 9.67. The minimum Gasteiger partial charge on any atom is -0.383 e. The molecule has 49 heavy (non-hydrogen) atoms. The second kappa shape index (κ2) is 13.7. The molecule has 0 radical (unpaired) electrons. The van der Waals surface area contributed by atoms with Gasteiger partial charge in [-0.1, -0.05) is 102 Å². The number of aryl methyl sites for hydroxylation is 2. The van der Waals surface area contributed by atoms with Crippen molar-refractivity contribution < 1.29 is 5.11 Å². The molecule has 3 atom stereocenters. The largest absolute Gasteiger partial charge is 0.383 e. The molecule has 0 aromatic heterocycles. The van der Waals surface area contributed by atoms with Gasteiger partial charge in [0.05, 0.1) is 9.49 Å². The average molecular weight is 689 g/mol. The fourth-order valence-corrected chi connectivity index (χ4v) is 11.8. The van der Waals surface area contributed by atoms with Crippen molar-refractivity contribution in [2.45, 2.75) is 78.3 Å². The van der Waals surface area contributed by atoms with Gasteiger partial charge in [0.2, 0.25) is 0 Å². The Morgan fingerprint density at radius 1 is 0.653 bits per heavy atom. The van der Waals surface area contributed by atoms with E-state index in [2.05, 4.69) is 149 Å². The van der Waals surface area contributed by atoms with E-state index in [1.807, 2.05) is 23.5 Å². The van der Waals surface area contributed by atoms with E-state index in [1.165, 1.54) is 63.5 Å². The summed E-state index contributed by atoms with van der Waals surface area (Å²) in [5, 5.41) is 12.3. The minimum absolute atomic E-state index is 0.0304. The van der Waals surface area contributed by atoms with Gasteiger partial charge in [0.15, 0.2) is 0 Å². The van der Waals surface area contributed by atoms with Crippen LogP contribution >= 0.6 is 23.5 Å². The quantitative estimate of drug-likeness (QED) is 0.231. The van der Waals surface area contributed by atoms with Gasteiger partial charge in [0, 0.05) is 22.9 Å². The van der Waals surface area contributed by atoms with Crippen LogP contribution in [0.15, 0.2) is 112 Å². The molecular weight excluding hydrogens is 637 g/mol. The molecule has 4 aliphatic heterocycles. The number of hydrogen-bond donors (Lipinski definition) is 1. The number of fused-ring (bicyclic) bond motifs is 2. The summed E-state index contributed by atoms with van der Waals surface area (Å²) >= 11 is 3.87. The van der Waals surface area contributed by atoms with Crippen LogP contribution in [0.1, 0.15) is 72.9 Å². The number of likely N-dealkylation sites (tertiary alicyclic amines) is 2. The van der Waals surface area contributed by atoms with Crippen molar-refractivity contribution in [1.82, 2.24) is 9.80 Å². The lowest BCUT2D eigenvalue weighted by Gasteiger charge is -2.47. The zero-order chi connectivity index (χ0) is 34.4. The van der Waals surface area contributed by atoms with Crippen LogP contribution in [0.3, 0.4) is 0 Å². The molecule has 0 bridgehead atoms. The van der Waals surface area contributed by atoms with Gasteiger partial charge >= 0.3 is 0 Å². The molecule has 2 fully saturated rings. The third-order valence-electron chi connectivity index (χ3n) is 11.7. The number of benzene rings is 4. The summed E-state index contributed by atoms with van der Waals surface area (Å²) in [5.41, 5.74) is 10.3. The smallest absolute Gasteiger partial charge is 0.112 e. The van der Waals surface area contributed by atoms with Gasteiger partial charge < -0.3 is 14.9 Å². The molecule has 4 aromatic carbocycles.